The van der Waals surface area contributed by atoms with Gasteiger partial charge in [0.1, 0.15) is 0 Å². The molecule has 0 radical (unpaired) electrons. The van der Waals surface area contributed by atoms with Gasteiger partial charge >= 0.3 is 0 Å². The number of para-hydroxylation sites is 2. The summed E-state index contributed by atoms with van der Waals surface area (Å²) in [6.45, 7) is 0. The number of hydrogen-bond donors (Lipinski definition) is 1. The molecular formula is C16H13ClN2OS. The van der Waals surface area contributed by atoms with Crippen molar-refractivity contribution < 1.29 is 4.79 Å². The maximum absolute atomic E-state index is 12.5. The van der Waals surface area contributed by atoms with Gasteiger partial charge in [-0.15, -0.1) is 11.8 Å². The van der Waals surface area contributed by atoms with Gasteiger partial charge in [-0.25, -0.2) is 0 Å². The van der Waals surface area contributed by atoms with Gasteiger partial charge in [-0.05, 0) is 29.8 Å². The number of fused-ring (bicyclic) bond motifs is 3. The van der Waals surface area contributed by atoms with Crippen molar-refractivity contribution >= 4 is 40.6 Å². The van der Waals surface area contributed by atoms with Crippen molar-refractivity contribution in [3.8, 4) is 0 Å². The molecule has 2 aliphatic rings. The van der Waals surface area contributed by atoms with Crippen LogP contribution in [0, 0.1) is 0 Å². The standard InChI is InChI=1S/C16H13ClN2OS/c17-11-7-5-10(6-8-11)14-9-15(20)19-13-4-2-1-3-12(13)18-16(19)21-14/h1-8,14,16,18H,9H2/t14-,16-/m0/s1. The lowest BCUT2D eigenvalue weighted by Gasteiger charge is -2.34. The fraction of sp³-hybridized carbons (Fsp3) is 0.188. The van der Waals surface area contributed by atoms with Gasteiger partial charge in [-0.3, -0.25) is 9.69 Å². The van der Waals surface area contributed by atoms with E-state index in [1.54, 1.807) is 11.8 Å². The maximum atomic E-state index is 12.5. The van der Waals surface area contributed by atoms with Crippen LogP contribution < -0.4 is 10.2 Å². The van der Waals surface area contributed by atoms with Crippen LogP contribution in [0.5, 0.6) is 0 Å². The average molecular weight is 317 g/mol. The van der Waals surface area contributed by atoms with Gasteiger partial charge in [0.15, 0.2) is 5.50 Å². The Kier molecular flexibility index (Phi) is 3.08. The number of anilines is 2. The molecule has 1 amide bonds. The van der Waals surface area contributed by atoms with Crippen LogP contribution in [-0.2, 0) is 4.79 Å². The highest BCUT2D eigenvalue weighted by molar-refractivity contribution is 8.00. The minimum absolute atomic E-state index is 0.0238. The Morgan fingerprint density at radius 3 is 2.71 bits per heavy atom. The third-order valence-corrected chi connectivity index (χ3v) is 5.45. The summed E-state index contributed by atoms with van der Waals surface area (Å²) in [7, 11) is 0. The molecule has 0 saturated carbocycles. The number of benzene rings is 2. The van der Waals surface area contributed by atoms with Crippen LogP contribution in [0.3, 0.4) is 0 Å². The minimum atomic E-state index is -0.0238. The van der Waals surface area contributed by atoms with E-state index in [2.05, 4.69) is 5.32 Å². The predicted molar refractivity (Wildman–Crippen MR) is 87.7 cm³/mol. The molecule has 0 aromatic heterocycles. The Bertz CT molecular complexity index is 704. The lowest BCUT2D eigenvalue weighted by atomic mass is 10.1. The molecule has 1 fully saturated rings. The topological polar surface area (TPSA) is 32.3 Å². The predicted octanol–water partition coefficient (Wildman–Crippen LogP) is 4.26. The zero-order chi connectivity index (χ0) is 14.4. The number of carbonyl (C=O) groups is 1. The first kappa shape index (κ1) is 13.0. The number of thioether (sulfide) groups is 1. The lowest BCUT2D eigenvalue weighted by molar-refractivity contribution is -0.118. The zero-order valence-corrected chi connectivity index (χ0v) is 12.7. The van der Waals surface area contributed by atoms with E-state index in [1.165, 1.54) is 0 Å². The third-order valence-electron chi connectivity index (χ3n) is 3.84. The summed E-state index contributed by atoms with van der Waals surface area (Å²) >= 11 is 7.71. The normalized spacial score (nSPS) is 23.5. The summed E-state index contributed by atoms with van der Waals surface area (Å²) in [5, 5.41) is 4.31. The molecule has 2 aromatic rings. The molecule has 2 atom stereocenters. The summed E-state index contributed by atoms with van der Waals surface area (Å²) in [4.78, 5) is 14.4. The monoisotopic (exact) mass is 316 g/mol. The van der Waals surface area contributed by atoms with Crippen molar-refractivity contribution in [2.24, 2.45) is 0 Å². The summed E-state index contributed by atoms with van der Waals surface area (Å²) in [5.41, 5.74) is 3.13. The summed E-state index contributed by atoms with van der Waals surface area (Å²) in [6, 6.07) is 15.7. The fourth-order valence-corrected chi connectivity index (χ4v) is 4.36. The number of amides is 1. The van der Waals surface area contributed by atoms with Crippen LogP contribution in [0.15, 0.2) is 48.5 Å². The van der Waals surface area contributed by atoms with E-state index >= 15 is 0 Å². The first-order valence-corrected chi connectivity index (χ1v) is 8.13. The van der Waals surface area contributed by atoms with E-state index in [0.29, 0.717) is 6.42 Å². The van der Waals surface area contributed by atoms with Gasteiger partial charge in [-0.2, -0.15) is 0 Å². The van der Waals surface area contributed by atoms with E-state index in [9.17, 15) is 4.79 Å². The molecule has 21 heavy (non-hydrogen) atoms. The van der Waals surface area contributed by atoms with Crippen molar-refractivity contribution in [2.45, 2.75) is 17.2 Å². The number of nitrogens with zero attached hydrogens (tertiary/aromatic N) is 1. The first-order chi connectivity index (χ1) is 10.2. The van der Waals surface area contributed by atoms with Crippen molar-refractivity contribution in [3.63, 3.8) is 0 Å². The largest absolute Gasteiger partial charge is 0.355 e. The quantitative estimate of drug-likeness (QED) is 0.853. The van der Waals surface area contributed by atoms with Gasteiger partial charge in [0.05, 0.1) is 11.4 Å². The fourth-order valence-electron chi connectivity index (χ4n) is 2.82. The molecule has 1 N–H and O–H groups in total. The Balaban J connectivity index is 1.63. The van der Waals surface area contributed by atoms with Gasteiger partial charge in [-0.1, -0.05) is 35.9 Å². The molecule has 4 rings (SSSR count). The van der Waals surface area contributed by atoms with Gasteiger partial charge < -0.3 is 5.32 Å². The second-order valence-corrected chi connectivity index (χ2v) is 6.88. The van der Waals surface area contributed by atoms with Gasteiger partial charge in [0, 0.05) is 16.7 Å². The summed E-state index contributed by atoms with van der Waals surface area (Å²) in [5.74, 6) is 0.163. The summed E-state index contributed by atoms with van der Waals surface area (Å²) in [6.07, 6.45) is 0.513. The molecule has 106 valence electrons. The second-order valence-electron chi connectivity index (χ2n) is 5.16. The number of halogens is 1. The molecule has 0 aliphatic carbocycles. The number of hydrogen-bond acceptors (Lipinski definition) is 3. The second kappa shape index (κ2) is 4.97. The molecule has 2 heterocycles. The maximum Gasteiger partial charge on any atom is 0.230 e. The van der Waals surface area contributed by atoms with E-state index in [0.717, 1.165) is 22.0 Å². The Morgan fingerprint density at radius 1 is 1.14 bits per heavy atom. The molecule has 3 nitrogen and oxygen atoms in total. The molecule has 2 aliphatic heterocycles. The van der Waals surface area contributed by atoms with E-state index in [4.69, 9.17) is 11.6 Å². The van der Waals surface area contributed by atoms with Crippen molar-refractivity contribution in [1.29, 1.82) is 0 Å². The molecule has 1 saturated heterocycles. The first-order valence-electron chi connectivity index (χ1n) is 6.81. The molecule has 0 spiro atoms. The molecular weight excluding hydrogens is 304 g/mol. The van der Waals surface area contributed by atoms with E-state index < -0.39 is 0 Å². The van der Waals surface area contributed by atoms with Crippen molar-refractivity contribution in [1.82, 2.24) is 0 Å². The zero-order valence-electron chi connectivity index (χ0n) is 11.1. The van der Waals surface area contributed by atoms with Crippen LogP contribution in [0.25, 0.3) is 0 Å². The highest BCUT2D eigenvalue weighted by atomic mass is 35.5. The highest BCUT2D eigenvalue weighted by Crippen LogP contribution is 2.48. The van der Waals surface area contributed by atoms with E-state index in [-0.39, 0.29) is 16.7 Å². The van der Waals surface area contributed by atoms with Crippen LogP contribution in [0.2, 0.25) is 5.02 Å². The smallest absolute Gasteiger partial charge is 0.230 e. The Morgan fingerprint density at radius 2 is 1.90 bits per heavy atom. The van der Waals surface area contributed by atoms with Crippen molar-refractivity contribution in [3.05, 3.63) is 59.1 Å². The van der Waals surface area contributed by atoms with Crippen LogP contribution >= 0.6 is 23.4 Å². The molecule has 2 aromatic carbocycles. The molecule has 0 unspecified atom stereocenters. The SMILES string of the molecule is O=C1C[C@@H](c2ccc(Cl)cc2)S[C@H]2Nc3ccccc3N12. The van der Waals surface area contributed by atoms with Crippen LogP contribution in [-0.4, -0.2) is 11.4 Å². The number of carbonyl (C=O) groups excluding carboxylic acids is 1. The summed E-state index contributed by atoms with van der Waals surface area (Å²) < 4.78 is 0. The van der Waals surface area contributed by atoms with Crippen LogP contribution in [0.1, 0.15) is 17.2 Å². The molecule has 5 heteroatoms. The van der Waals surface area contributed by atoms with E-state index in [1.807, 2.05) is 53.4 Å². The minimum Gasteiger partial charge on any atom is -0.355 e. The average Bonchev–Trinajstić information content (AvgIpc) is 2.86. The number of rotatable bonds is 1. The molecule has 0 bridgehead atoms. The Hall–Kier alpha value is -1.65. The third kappa shape index (κ3) is 2.19. The lowest BCUT2D eigenvalue weighted by Crippen LogP contribution is -2.43. The van der Waals surface area contributed by atoms with Crippen LogP contribution in [0.4, 0.5) is 11.4 Å². The van der Waals surface area contributed by atoms with Gasteiger partial charge in [0.2, 0.25) is 5.91 Å². The number of nitrogens with one attached hydrogen (secondary N) is 1. The van der Waals surface area contributed by atoms with Gasteiger partial charge in [0.25, 0.3) is 0 Å². The van der Waals surface area contributed by atoms with Crippen molar-refractivity contribution in [2.75, 3.05) is 10.2 Å². The Labute approximate surface area is 132 Å². The highest BCUT2D eigenvalue weighted by Gasteiger charge is 2.40.